The third-order valence-electron chi connectivity index (χ3n) is 7.76. The predicted octanol–water partition coefficient (Wildman–Crippen LogP) is 4.80. The molecule has 9 nitrogen and oxygen atoms in total. The SMILES string of the molecule is COc1ccc(S(=O)(=O)Nc2ccc3c(c2)CC(=O)N([C@H](C)CO)C[C@@H](C)[C@@H](CN(C)Cc2ccc(C(F)(F)F)cc2)O3)cc1. The van der Waals surface area contributed by atoms with Crippen molar-refractivity contribution in [1.82, 2.24) is 9.80 Å². The number of nitrogens with zero attached hydrogens (tertiary/aromatic N) is 2. The summed E-state index contributed by atoms with van der Waals surface area (Å²) in [6, 6.07) is 15.2. The summed E-state index contributed by atoms with van der Waals surface area (Å²) in [4.78, 5) is 17.1. The molecule has 3 atom stereocenters. The van der Waals surface area contributed by atoms with E-state index in [-0.39, 0.29) is 35.4 Å². The number of aliphatic hydroxyl groups excluding tert-OH is 1. The van der Waals surface area contributed by atoms with Crippen molar-refractivity contribution in [1.29, 1.82) is 0 Å². The monoisotopic (exact) mass is 649 g/mol. The van der Waals surface area contributed by atoms with Crippen LogP contribution in [0.4, 0.5) is 18.9 Å². The molecule has 0 fully saturated rings. The number of carbonyl (C=O) groups excluding carboxylic acids is 1. The standard InChI is InChI=1S/C32H38F3N3O6S/c1-21-17-38(22(2)20-39)31(40)16-24-15-26(36-45(41,42)28-12-10-27(43-4)11-13-28)9-14-29(24)44-30(21)19-37(3)18-23-5-7-25(8-6-23)32(33,34)35/h5-15,21-22,30,36,39H,16-20H2,1-4H3/t21-,22-,30-/m1/s1. The van der Waals surface area contributed by atoms with E-state index >= 15 is 0 Å². The molecule has 1 amide bonds. The number of halogens is 3. The molecular weight excluding hydrogens is 611 g/mol. The van der Waals surface area contributed by atoms with E-state index in [2.05, 4.69) is 4.72 Å². The van der Waals surface area contributed by atoms with Crippen LogP contribution in [0.5, 0.6) is 11.5 Å². The molecule has 0 bridgehead atoms. The number of methoxy groups -OCH3 is 1. The first-order chi connectivity index (χ1) is 21.2. The number of anilines is 1. The lowest BCUT2D eigenvalue weighted by Gasteiger charge is -2.34. The van der Waals surface area contributed by atoms with Gasteiger partial charge in [-0.3, -0.25) is 14.4 Å². The highest BCUT2D eigenvalue weighted by Crippen LogP contribution is 2.31. The minimum atomic E-state index is -4.41. The second kappa shape index (κ2) is 14.1. The number of nitrogens with one attached hydrogen (secondary N) is 1. The van der Waals surface area contributed by atoms with Crippen LogP contribution < -0.4 is 14.2 Å². The van der Waals surface area contributed by atoms with Gasteiger partial charge in [0, 0.05) is 36.8 Å². The van der Waals surface area contributed by atoms with Crippen LogP contribution in [-0.4, -0.2) is 75.2 Å². The summed E-state index contributed by atoms with van der Waals surface area (Å²) in [6.07, 6.45) is -4.95. The highest BCUT2D eigenvalue weighted by molar-refractivity contribution is 7.92. The molecule has 3 aromatic carbocycles. The normalized spacial score (nSPS) is 18.3. The van der Waals surface area contributed by atoms with E-state index < -0.39 is 33.9 Å². The average Bonchev–Trinajstić information content (AvgIpc) is 3.03. The first-order valence-corrected chi connectivity index (χ1v) is 15.9. The molecular formula is C32H38F3N3O6S. The van der Waals surface area contributed by atoms with Gasteiger partial charge >= 0.3 is 6.18 Å². The number of fused-ring (bicyclic) bond motifs is 1. The van der Waals surface area contributed by atoms with Crippen LogP contribution in [0.3, 0.4) is 0 Å². The van der Waals surface area contributed by atoms with Gasteiger partial charge in [0.25, 0.3) is 10.0 Å². The number of amides is 1. The number of hydrogen-bond acceptors (Lipinski definition) is 7. The molecule has 0 spiro atoms. The fourth-order valence-corrected chi connectivity index (χ4v) is 6.21. The molecule has 0 saturated heterocycles. The van der Waals surface area contributed by atoms with Crippen LogP contribution in [0.25, 0.3) is 0 Å². The van der Waals surface area contributed by atoms with E-state index in [1.165, 1.54) is 43.5 Å². The number of benzene rings is 3. The van der Waals surface area contributed by atoms with Crippen molar-refractivity contribution in [3.8, 4) is 11.5 Å². The molecule has 13 heteroatoms. The van der Waals surface area contributed by atoms with Crippen LogP contribution in [-0.2, 0) is 34.0 Å². The van der Waals surface area contributed by atoms with Gasteiger partial charge in [0.2, 0.25) is 5.91 Å². The Bertz CT molecular complexity index is 1570. The molecule has 0 aromatic heterocycles. The smallest absolute Gasteiger partial charge is 0.416 e. The fourth-order valence-electron chi connectivity index (χ4n) is 5.16. The largest absolute Gasteiger partial charge is 0.497 e. The van der Waals surface area contributed by atoms with E-state index in [9.17, 15) is 31.5 Å². The lowest BCUT2D eigenvalue weighted by molar-refractivity contribution is -0.137. The number of rotatable bonds is 10. The van der Waals surface area contributed by atoms with Crippen molar-refractivity contribution in [3.05, 3.63) is 83.4 Å². The van der Waals surface area contributed by atoms with Gasteiger partial charge < -0.3 is 19.5 Å². The van der Waals surface area contributed by atoms with Gasteiger partial charge in [0.1, 0.15) is 17.6 Å². The average molecular weight is 650 g/mol. The van der Waals surface area contributed by atoms with Crippen LogP contribution in [0.15, 0.2) is 71.6 Å². The Labute approximate surface area is 261 Å². The molecule has 0 aliphatic carbocycles. The van der Waals surface area contributed by atoms with Crippen molar-refractivity contribution < 1.29 is 41.0 Å². The lowest BCUT2D eigenvalue weighted by atomic mass is 10.0. The second-order valence-electron chi connectivity index (χ2n) is 11.4. The van der Waals surface area contributed by atoms with Crippen molar-refractivity contribution in [2.24, 2.45) is 5.92 Å². The number of hydrogen-bond donors (Lipinski definition) is 2. The summed E-state index contributed by atoms with van der Waals surface area (Å²) in [6.45, 7) is 4.47. The minimum Gasteiger partial charge on any atom is -0.497 e. The van der Waals surface area contributed by atoms with E-state index in [1.54, 1.807) is 30.0 Å². The number of carbonyl (C=O) groups is 1. The Morgan fingerprint density at radius 3 is 2.38 bits per heavy atom. The number of alkyl halides is 3. The molecule has 244 valence electrons. The van der Waals surface area contributed by atoms with E-state index in [0.717, 1.165) is 12.1 Å². The molecule has 0 radical (unpaired) electrons. The quantitative estimate of drug-likeness (QED) is 0.325. The zero-order valence-electron chi connectivity index (χ0n) is 25.5. The van der Waals surface area contributed by atoms with Crippen molar-refractivity contribution in [2.45, 2.75) is 50.0 Å². The van der Waals surface area contributed by atoms with Crippen LogP contribution in [0, 0.1) is 5.92 Å². The third kappa shape index (κ3) is 8.68. The first kappa shape index (κ1) is 34.1. The Balaban J connectivity index is 1.59. The van der Waals surface area contributed by atoms with Gasteiger partial charge in [-0.15, -0.1) is 0 Å². The van der Waals surface area contributed by atoms with E-state index in [1.807, 2.05) is 18.9 Å². The molecule has 3 aromatic rings. The number of ether oxygens (including phenoxy) is 2. The van der Waals surface area contributed by atoms with Crippen molar-refractivity contribution >= 4 is 21.6 Å². The second-order valence-corrected chi connectivity index (χ2v) is 13.1. The number of sulfonamides is 1. The molecule has 1 aliphatic heterocycles. The first-order valence-electron chi connectivity index (χ1n) is 14.4. The Kier molecular flexibility index (Phi) is 10.7. The summed E-state index contributed by atoms with van der Waals surface area (Å²) in [7, 11) is -0.637. The van der Waals surface area contributed by atoms with Gasteiger partial charge in [0.15, 0.2) is 0 Å². The van der Waals surface area contributed by atoms with Crippen LogP contribution >= 0.6 is 0 Å². The molecule has 2 N–H and O–H groups in total. The fraction of sp³-hybridized carbons (Fsp3) is 0.406. The highest BCUT2D eigenvalue weighted by Gasteiger charge is 2.32. The minimum absolute atomic E-state index is 0.0343. The topological polar surface area (TPSA) is 108 Å². The van der Waals surface area contributed by atoms with Crippen LogP contribution in [0.2, 0.25) is 0 Å². The summed E-state index contributed by atoms with van der Waals surface area (Å²) >= 11 is 0. The molecule has 45 heavy (non-hydrogen) atoms. The van der Waals surface area contributed by atoms with Gasteiger partial charge in [-0.05, 0) is 74.1 Å². The maximum atomic E-state index is 13.5. The van der Waals surface area contributed by atoms with Crippen molar-refractivity contribution in [3.63, 3.8) is 0 Å². The molecule has 1 heterocycles. The summed E-state index contributed by atoms with van der Waals surface area (Å²) < 4.78 is 79.3. The number of aliphatic hydroxyl groups is 1. The summed E-state index contributed by atoms with van der Waals surface area (Å²) in [5.41, 5.74) is 0.689. The summed E-state index contributed by atoms with van der Waals surface area (Å²) in [5, 5.41) is 9.89. The Morgan fingerprint density at radius 2 is 1.78 bits per heavy atom. The van der Waals surface area contributed by atoms with Crippen LogP contribution in [0.1, 0.15) is 30.5 Å². The third-order valence-corrected chi connectivity index (χ3v) is 9.16. The van der Waals surface area contributed by atoms with Gasteiger partial charge in [0.05, 0.1) is 36.6 Å². The molecule has 0 unspecified atom stereocenters. The highest BCUT2D eigenvalue weighted by atomic mass is 32.2. The van der Waals surface area contributed by atoms with E-state index in [4.69, 9.17) is 9.47 Å². The summed E-state index contributed by atoms with van der Waals surface area (Å²) in [5.74, 6) is 0.477. The van der Waals surface area contributed by atoms with Gasteiger partial charge in [-0.2, -0.15) is 13.2 Å². The zero-order valence-corrected chi connectivity index (χ0v) is 26.4. The maximum absolute atomic E-state index is 13.5. The zero-order chi connectivity index (χ0) is 32.9. The molecule has 1 aliphatic rings. The maximum Gasteiger partial charge on any atom is 0.416 e. The molecule has 4 rings (SSSR count). The number of likely N-dealkylation sites (N-methyl/N-ethyl adjacent to an activating group) is 1. The van der Waals surface area contributed by atoms with Crippen molar-refractivity contribution in [2.75, 3.05) is 38.6 Å². The van der Waals surface area contributed by atoms with Gasteiger partial charge in [-0.25, -0.2) is 8.42 Å². The Hall–Kier alpha value is -3.81. The van der Waals surface area contributed by atoms with Gasteiger partial charge in [-0.1, -0.05) is 19.1 Å². The predicted molar refractivity (Wildman–Crippen MR) is 164 cm³/mol. The Morgan fingerprint density at radius 1 is 1.11 bits per heavy atom. The lowest BCUT2D eigenvalue weighted by Crippen LogP contribution is -2.47. The molecule has 0 saturated carbocycles. The van der Waals surface area contributed by atoms with E-state index in [0.29, 0.717) is 42.3 Å².